The molecule has 0 N–H and O–H groups in total. The maximum absolute atomic E-state index is 13.7. The molecule has 0 saturated carbocycles. The minimum Gasteiger partial charge on any atom is -0.497 e. The third kappa shape index (κ3) is 4.22. The van der Waals surface area contributed by atoms with Gasteiger partial charge in [-0.25, -0.2) is 4.98 Å². The molecule has 0 radical (unpaired) electrons. The van der Waals surface area contributed by atoms with E-state index in [0.717, 1.165) is 21.5 Å². The minimum absolute atomic E-state index is 0.198. The van der Waals surface area contributed by atoms with Crippen LogP contribution in [0.4, 0.5) is 5.13 Å². The molecule has 0 aliphatic carbocycles. The lowest BCUT2D eigenvalue weighted by molar-refractivity contribution is 0.0984. The lowest BCUT2D eigenvalue weighted by Gasteiger charge is -2.20. The van der Waals surface area contributed by atoms with Crippen LogP contribution in [0.15, 0.2) is 54.7 Å². The maximum atomic E-state index is 13.7. The Balaban J connectivity index is 1.82. The third-order valence-corrected chi connectivity index (χ3v) is 6.24. The lowest BCUT2D eigenvalue weighted by Crippen LogP contribution is -2.30. The molecule has 31 heavy (non-hydrogen) atoms. The molecule has 2 aromatic carbocycles. The van der Waals surface area contributed by atoms with Gasteiger partial charge in [0.2, 0.25) is 0 Å². The highest BCUT2D eigenvalue weighted by Crippen LogP contribution is 2.34. The fraction of sp³-hybridized carbons (Fsp3) is 0.208. The summed E-state index contributed by atoms with van der Waals surface area (Å²) >= 11 is 1.49. The highest BCUT2D eigenvalue weighted by Gasteiger charge is 2.24. The second-order valence-corrected chi connectivity index (χ2v) is 8.17. The fourth-order valence-electron chi connectivity index (χ4n) is 3.30. The van der Waals surface area contributed by atoms with E-state index >= 15 is 0 Å². The molecule has 0 unspecified atom stereocenters. The number of aryl methyl sites for hydroxylation is 2. The van der Waals surface area contributed by atoms with Gasteiger partial charge in [-0.2, -0.15) is 0 Å². The predicted octanol–water partition coefficient (Wildman–Crippen LogP) is 5.17. The number of fused-ring (bicyclic) bond motifs is 1. The molecule has 0 bridgehead atoms. The molecule has 4 rings (SSSR count). The van der Waals surface area contributed by atoms with Crippen molar-refractivity contribution >= 4 is 32.6 Å². The first-order valence-electron chi connectivity index (χ1n) is 9.81. The quantitative estimate of drug-likeness (QED) is 0.420. The maximum Gasteiger partial charge on any atom is 0.260 e. The average molecular weight is 434 g/mol. The number of ether oxygens (including phenoxy) is 2. The van der Waals surface area contributed by atoms with Crippen LogP contribution in [0.25, 0.3) is 10.2 Å². The van der Waals surface area contributed by atoms with E-state index in [4.69, 9.17) is 14.5 Å². The second-order valence-electron chi connectivity index (χ2n) is 7.16. The molecule has 6 nitrogen and oxygen atoms in total. The van der Waals surface area contributed by atoms with Crippen LogP contribution in [0, 0.1) is 13.8 Å². The molecule has 2 aromatic heterocycles. The Hall–Kier alpha value is -3.45. The number of anilines is 1. The van der Waals surface area contributed by atoms with Gasteiger partial charge in [0.25, 0.3) is 5.91 Å². The van der Waals surface area contributed by atoms with Crippen LogP contribution in [0.5, 0.6) is 11.5 Å². The van der Waals surface area contributed by atoms with Crippen molar-refractivity contribution in [2.45, 2.75) is 20.4 Å². The van der Waals surface area contributed by atoms with E-state index < -0.39 is 0 Å². The van der Waals surface area contributed by atoms with Crippen molar-refractivity contribution < 1.29 is 14.3 Å². The molecule has 4 aromatic rings. The Morgan fingerprint density at radius 1 is 1.03 bits per heavy atom. The molecule has 0 atom stereocenters. The first-order chi connectivity index (χ1) is 15.0. The highest BCUT2D eigenvalue weighted by atomic mass is 32.1. The number of rotatable bonds is 6. The van der Waals surface area contributed by atoms with Crippen LogP contribution in [0.1, 0.15) is 27.2 Å². The molecule has 0 aliphatic heterocycles. The van der Waals surface area contributed by atoms with Crippen molar-refractivity contribution in [2.75, 3.05) is 19.1 Å². The summed E-state index contributed by atoms with van der Waals surface area (Å²) in [5.74, 6) is 0.906. The number of carbonyl (C=O) groups is 1. The van der Waals surface area contributed by atoms with E-state index in [0.29, 0.717) is 28.7 Å². The van der Waals surface area contributed by atoms with Gasteiger partial charge in [0.15, 0.2) is 5.13 Å². The Labute approximate surface area is 185 Å². The third-order valence-electron chi connectivity index (χ3n) is 5.19. The summed E-state index contributed by atoms with van der Waals surface area (Å²) < 4.78 is 11.7. The first kappa shape index (κ1) is 20.8. The zero-order valence-corrected chi connectivity index (χ0v) is 18.7. The number of hydrogen-bond acceptors (Lipinski definition) is 6. The largest absolute Gasteiger partial charge is 0.497 e. The van der Waals surface area contributed by atoms with E-state index in [1.807, 2.05) is 18.2 Å². The standard InChI is InChI=1S/C24H23N3O3S/c1-15-8-9-21-22(16(15)2)26-24(31-21)27(14-18-7-5-6-10-25-18)23(28)17-11-19(29-3)13-20(12-17)30-4/h5-13H,14H2,1-4H3. The number of aromatic nitrogens is 2. The molecular weight excluding hydrogens is 410 g/mol. The van der Waals surface area contributed by atoms with E-state index in [-0.39, 0.29) is 5.91 Å². The summed E-state index contributed by atoms with van der Waals surface area (Å²) in [5.41, 5.74) is 4.44. The van der Waals surface area contributed by atoms with Crippen LogP contribution in [0.3, 0.4) is 0 Å². The number of benzene rings is 2. The van der Waals surface area contributed by atoms with Gasteiger partial charge in [-0.15, -0.1) is 0 Å². The smallest absolute Gasteiger partial charge is 0.260 e. The van der Waals surface area contributed by atoms with E-state index in [1.54, 1.807) is 43.5 Å². The predicted molar refractivity (Wildman–Crippen MR) is 123 cm³/mol. The molecule has 0 saturated heterocycles. The Bertz CT molecular complexity index is 1220. The van der Waals surface area contributed by atoms with Gasteiger partial charge in [-0.3, -0.25) is 14.7 Å². The summed E-state index contributed by atoms with van der Waals surface area (Å²) in [4.78, 5) is 24.6. The number of carbonyl (C=O) groups excluding carboxylic acids is 1. The molecule has 0 spiro atoms. The van der Waals surface area contributed by atoms with Gasteiger partial charge >= 0.3 is 0 Å². The highest BCUT2D eigenvalue weighted by molar-refractivity contribution is 7.22. The topological polar surface area (TPSA) is 64.6 Å². The number of pyridine rings is 1. The van der Waals surface area contributed by atoms with Crippen LogP contribution in [0.2, 0.25) is 0 Å². The lowest BCUT2D eigenvalue weighted by atomic mass is 10.1. The van der Waals surface area contributed by atoms with Crippen LogP contribution < -0.4 is 14.4 Å². The van der Waals surface area contributed by atoms with E-state index in [9.17, 15) is 4.79 Å². The number of methoxy groups -OCH3 is 2. The van der Waals surface area contributed by atoms with Crippen molar-refractivity contribution in [3.63, 3.8) is 0 Å². The molecule has 2 heterocycles. The number of amides is 1. The van der Waals surface area contributed by atoms with Gasteiger partial charge in [0.1, 0.15) is 11.5 Å². The summed E-state index contributed by atoms with van der Waals surface area (Å²) in [6.45, 7) is 4.42. The molecular formula is C24H23N3O3S. The Morgan fingerprint density at radius 2 is 1.77 bits per heavy atom. The van der Waals surface area contributed by atoms with Crippen molar-refractivity contribution in [3.8, 4) is 11.5 Å². The molecule has 7 heteroatoms. The Morgan fingerprint density at radius 3 is 2.42 bits per heavy atom. The van der Waals surface area contributed by atoms with Crippen LogP contribution in [-0.2, 0) is 6.54 Å². The normalized spacial score (nSPS) is 10.8. The summed E-state index contributed by atoms with van der Waals surface area (Å²) in [6.07, 6.45) is 1.72. The monoisotopic (exact) mass is 433 g/mol. The minimum atomic E-state index is -0.198. The second kappa shape index (κ2) is 8.73. The zero-order chi connectivity index (χ0) is 22.0. The van der Waals surface area contributed by atoms with E-state index in [2.05, 4.69) is 31.0 Å². The molecule has 0 aliphatic rings. The number of hydrogen-bond donors (Lipinski definition) is 0. The fourth-order valence-corrected chi connectivity index (χ4v) is 4.32. The first-order valence-corrected chi connectivity index (χ1v) is 10.6. The number of nitrogens with zero attached hydrogens (tertiary/aromatic N) is 3. The molecule has 158 valence electrons. The summed E-state index contributed by atoms with van der Waals surface area (Å²) in [7, 11) is 3.13. The average Bonchev–Trinajstić information content (AvgIpc) is 3.24. The van der Waals surface area contributed by atoms with Crippen molar-refractivity contribution in [1.29, 1.82) is 0 Å². The van der Waals surface area contributed by atoms with Gasteiger partial charge in [-0.05, 0) is 55.3 Å². The molecule has 0 fully saturated rings. The Kier molecular flexibility index (Phi) is 5.86. The van der Waals surface area contributed by atoms with Gasteiger partial charge < -0.3 is 9.47 Å². The SMILES string of the molecule is COc1cc(OC)cc(C(=O)N(Cc2ccccn2)c2nc3c(C)c(C)ccc3s2)c1. The zero-order valence-electron chi connectivity index (χ0n) is 17.9. The summed E-state index contributed by atoms with van der Waals surface area (Å²) in [5, 5.41) is 0.626. The van der Waals surface area contributed by atoms with Crippen molar-refractivity contribution in [2.24, 2.45) is 0 Å². The van der Waals surface area contributed by atoms with Gasteiger partial charge in [-0.1, -0.05) is 23.5 Å². The van der Waals surface area contributed by atoms with Gasteiger partial charge in [0.05, 0.1) is 36.7 Å². The van der Waals surface area contributed by atoms with Crippen molar-refractivity contribution in [1.82, 2.24) is 9.97 Å². The van der Waals surface area contributed by atoms with Crippen LogP contribution >= 0.6 is 11.3 Å². The number of thiazole rings is 1. The van der Waals surface area contributed by atoms with E-state index in [1.165, 1.54) is 16.9 Å². The van der Waals surface area contributed by atoms with Crippen molar-refractivity contribution in [3.05, 3.63) is 77.1 Å². The van der Waals surface area contributed by atoms with Crippen LogP contribution in [-0.4, -0.2) is 30.1 Å². The summed E-state index contributed by atoms with van der Waals surface area (Å²) in [6, 6.07) is 14.9. The van der Waals surface area contributed by atoms with Gasteiger partial charge in [0, 0.05) is 17.8 Å². The molecule has 1 amide bonds.